The van der Waals surface area contributed by atoms with Crippen LogP contribution in [0.4, 0.5) is 0 Å². The molecular weight excluding hydrogens is 220 g/mol. The van der Waals surface area contributed by atoms with E-state index in [1.54, 1.807) is 0 Å². The van der Waals surface area contributed by atoms with Gasteiger partial charge in [0.15, 0.2) is 0 Å². The average molecular weight is 246 g/mol. The van der Waals surface area contributed by atoms with E-state index in [0.29, 0.717) is 12.8 Å². The highest BCUT2D eigenvalue weighted by Gasteiger charge is 2.29. The smallest absolute Gasteiger partial charge is 0.309 e. The molecule has 0 saturated heterocycles. The van der Waals surface area contributed by atoms with Gasteiger partial charge in [-0.2, -0.15) is 0 Å². The molecule has 4 heteroatoms. The van der Waals surface area contributed by atoms with E-state index in [9.17, 15) is 9.90 Å². The lowest BCUT2D eigenvalue weighted by Crippen LogP contribution is -2.33. The van der Waals surface area contributed by atoms with Crippen molar-refractivity contribution in [2.45, 2.75) is 72.0 Å². The van der Waals surface area contributed by atoms with Gasteiger partial charge >= 0.3 is 5.97 Å². The highest BCUT2D eigenvalue weighted by Crippen LogP contribution is 2.22. The van der Waals surface area contributed by atoms with E-state index in [1.807, 2.05) is 34.6 Å². The number of aliphatic carboxylic acids is 1. The van der Waals surface area contributed by atoms with E-state index in [0.717, 1.165) is 12.8 Å². The Kier molecular flexibility index (Phi) is 7.39. The quantitative estimate of drug-likeness (QED) is 0.527. The predicted octanol–water partition coefficient (Wildman–Crippen LogP) is 3.40. The molecule has 0 aliphatic carbocycles. The summed E-state index contributed by atoms with van der Waals surface area (Å²) in [6.07, 6.45) is 2.67. The van der Waals surface area contributed by atoms with Gasteiger partial charge in [-0.05, 0) is 33.6 Å². The lowest BCUT2D eigenvalue weighted by atomic mass is 9.94. The molecule has 0 saturated carbocycles. The first-order valence-electron chi connectivity index (χ1n) is 6.39. The molecule has 0 aromatic carbocycles. The van der Waals surface area contributed by atoms with Crippen LogP contribution in [0, 0.1) is 5.92 Å². The molecule has 0 aliphatic heterocycles. The number of hydrogen-bond donors (Lipinski definition) is 1. The number of hydrogen-bond acceptors (Lipinski definition) is 3. The maximum atomic E-state index is 11.2. The zero-order valence-corrected chi connectivity index (χ0v) is 11.7. The maximum absolute atomic E-state index is 11.2. The average Bonchev–Trinajstić information content (AvgIpc) is 2.19. The monoisotopic (exact) mass is 246 g/mol. The van der Waals surface area contributed by atoms with Gasteiger partial charge in [-0.15, -0.1) is 0 Å². The van der Waals surface area contributed by atoms with Gasteiger partial charge in [0, 0.05) is 0 Å². The molecule has 17 heavy (non-hydrogen) atoms. The second-order valence-corrected chi connectivity index (χ2v) is 5.35. The molecule has 0 aliphatic rings. The van der Waals surface area contributed by atoms with Gasteiger partial charge in [0.25, 0.3) is 0 Å². The van der Waals surface area contributed by atoms with Crippen molar-refractivity contribution in [2.75, 3.05) is 0 Å². The summed E-state index contributed by atoms with van der Waals surface area (Å²) < 4.78 is 0. The molecule has 102 valence electrons. The minimum atomic E-state index is -0.803. The van der Waals surface area contributed by atoms with Gasteiger partial charge in [0.2, 0.25) is 0 Å². The first-order chi connectivity index (χ1) is 7.81. The number of carbonyl (C=O) groups is 1. The molecular formula is C13H26O4. The van der Waals surface area contributed by atoms with Crippen LogP contribution >= 0.6 is 0 Å². The van der Waals surface area contributed by atoms with E-state index in [-0.39, 0.29) is 6.10 Å². The third-order valence-electron chi connectivity index (χ3n) is 2.36. The van der Waals surface area contributed by atoms with Gasteiger partial charge in [0.05, 0.1) is 11.5 Å². The van der Waals surface area contributed by atoms with Crippen LogP contribution < -0.4 is 0 Å². The van der Waals surface area contributed by atoms with E-state index < -0.39 is 17.5 Å². The molecule has 0 heterocycles. The summed E-state index contributed by atoms with van der Waals surface area (Å²) in [4.78, 5) is 21.8. The Morgan fingerprint density at radius 1 is 1.18 bits per heavy atom. The summed E-state index contributed by atoms with van der Waals surface area (Å²) in [7, 11) is 0. The number of carboxylic acid groups (broad SMARTS) is 1. The van der Waals surface area contributed by atoms with Crippen LogP contribution in [0.15, 0.2) is 0 Å². The van der Waals surface area contributed by atoms with E-state index in [1.165, 1.54) is 0 Å². The zero-order chi connectivity index (χ0) is 13.5. The van der Waals surface area contributed by atoms with Crippen molar-refractivity contribution in [1.29, 1.82) is 0 Å². The highest BCUT2D eigenvalue weighted by atomic mass is 17.2. The Balaban J connectivity index is 4.50. The summed E-state index contributed by atoms with van der Waals surface area (Å²) >= 11 is 0. The van der Waals surface area contributed by atoms with Crippen LogP contribution in [-0.4, -0.2) is 22.8 Å². The molecule has 0 fully saturated rings. The van der Waals surface area contributed by atoms with Crippen LogP contribution in [0.2, 0.25) is 0 Å². The molecule has 0 aromatic rings. The fourth-order valence-corrected chi connectivity index (χ4v) is 1.59. The predicted molar refractivity (Wildman–Crippen MR) is 66.7 cm³/mol. The lowest BCUT2D eigenvalue weighted by molar-refractivity contribution is -0.380. The summed E-state index contributed by atoms with van der Waals surface area (Å²) in [5.41, 5.74) is -0.415. The van der Waals surface area contributed by atoms with E-state index >= 15 is 0 Å². The molecule has 0 rings (SSSR count). The summed E-state index contributed by atoms with van der Waals surface area (Å²) in [5, 5.41) is 9.20. The Morgan fingerprint density at radius 3 is 2.06 bits per heavy atom. The van der Waals surface area contributed by atoms with Crippen molar-refractivity contribution in [3.8, 4) is 0 Å². The number of carboxylic acids is 1. The Morgan fingerprint density at radius 2 is 1.71 bits per heavy atom. The third kappa shape index (κ3) is 7.34. The standard InChI is InChI=1S/C13H26O4/c1-6-8-10(12(14)15)11(9-7-2)16-17-13(3,4)5/h10-11H,6-9H2,1-5H3,(H,14,15). The van der Waals surface area contributed by atoms with E-state index in [2.05, 4.69) is 0 Å². The van der Waals surface area contributed by atoms with Crippen molar-refractivity contribution in [3.63, 3.8) is 0 Å². The van der Waals surface area contributed by atoms with Gasteiger partial charge in [-0.1, -0.05) is 26.7 Å². The lowest BCUT2D eigenvalue weighted by Gasteiger charge is -2.26. The first-order valence-corrected chi connectivity index (χ1v) is 6.39. The highest BCUT2D eigenvalue weighted by molar-refractivity contribution is 5.70. The van der Waals surface area contributed by atoms with Gasteiger partial charge in [0.1, 0.15) is 6.10 Å². The minimum absolute atomic E-state index is 0.364. The Labute approximate surface area is 104 Å². The van der Waals surface area contributed by atoms with Crippen molar-refractivity contribution < 1.29 is 19.7 Å². The molecule has 0 radical (unpaired) electrons. The zero-order valence-electron chi connectivity index (χ0n) is 11.7. The molecule has 1 N–H and O–H groups in total. The fraction of sp³-hybridized carbons (Fsp3) is 0.923. The SMILES string of the molecule is CCCC(OOC(C)(C)C)C(CCC)C(=O)O. The normalized spacial score (nSPS) is 15.6. The summed E-state index contributed by atoms with van der Waals surface area (Å²) in [6.45, 7) is 9.63. The van der Waals surface area contributed by atoms with Gasteiger partial charge < -0.3 is 5.11 Å². The third-order valence-corrected chi connectivity index (χ3v) is 2.36. The van der Waals surface area contributed by atoms with Crippen LogP contribution in [0.3, 0.4) is 0 Å². The fourth-order valence-electron chi connectivity index (χ4n) is 1.59. The second-order valence-electron chi connectivity index (χ2n) is 5.35. The van der Waals surface area contributed by atoms with Crippen LogP contribution in [0.25, 0.3) is 0 Å². The van der Waals surface area contributed by atoms with Crippen molar-refractivity contribution >= 4 is 5.97 Å². The molecule has 0 bridgehead atoms. The Bertz CT molecular complexity index is 220. The topological polar surface area (TPSA) is 55.8 Å². The van der Waals surface area contributed by atoms with E-state index in [4.69, 9.17) is 9.78 Å². The number of rotatable bonds is 8. The molecule has 0 amide bonds. The van der Waals surface area contributed by atoms with Gasteiger partial charge in [-0.25, -0.2) is 9.78 Å². The first kappa shape index (κ1) is 16.4. The molecule has 0 aromatic heterocycles. The Hall–Kier alpha value is -0.610. The molecule has 0 spiro atoms. The molecule has 2 unspecified atom stereocenters. The largest absolute Gasteiger partial charge is 0.481 e. The van der Waals surface area contributed by atoms with Crippen LogP contribution in [-0.2, 0) is 14.6 Å². The van der Waals surface area contributed by atoms with Crippen molar-refractivity contribution in [2.24, 2.45) is 5.92 Å². The van der Waals surface area contributed by atoms with Crippen LogP contribution in [0.5, 0.6) is 0 Å². The van der Waals surface area contributed by atoms with Crippen molar-refractivity contribution in [1.82, 2.24) is 0 Å². The summed E-state index contributed by atoms with van der Waals surface area (Å²) in [5.74, 6) is -1.29. The molecule has 4 nitrogen and oxygen atoms in total. The maximum Gasteiger partial charge on any atom is 0.309 e. The molecule has 2 atom stereocenters. The second kappa shape index (κ2) is 7.67. The van der Waals surface area contributed by atoms with Crippen molar-refractivity contribution in [3.05, 3.63) is 0 Å². The minimum Gasteiger partial charge on any atom is -0.481 e. The van der Waals surface area contributed by atoms with Gasteiger partial charge in [-0.3, -0.25) is 4.79 Å². The summed E-state index contributed by atoms with van der Waals surface area (Å²) in [6, 6.07) is 0. The van der Waals surface area contributed by atoms with Crippen LogP contribution in [0.1, 0.15) is 60.3 Å².